The molecule has 116 valence electrons. The van der Waals surface area contributed by atoms with Crippen LogP contribution in [-0.4, -0.2) is 35.7 Å². The number of ether oxygens (including phenoxy) is 1. The molecule has 2 heterocycles. The number of hydrogen-bond donors (Lipinski definition) is 0. The smallest absolute Gasteiger partial charge is 0.286 e. The SMILES string of the molecule is CCOc1ccc(/C=C2/SC(N3CCCCC3)=NC2=O)cc1. The van der Waals surface area contributed by atoms with Crippen molar-refractivity contribution in [3.05, 3.63) is 34.7 Å². The molecule has 1 aromatic rings. The van der Waals surface area contributed by atoms with E-state index in [1.807, 2.05) is 37.3 Å². The van der Waals surface area contributed by atoms with E-state index in [0.717, 1.165) is 29.6 Å². The van der Waals surface area contributed by atoms with Gasteiger partial charge in [0.25, 0.3) is 5.91 Å². The highest BCUT2D eigenvalue weighted by Crippen LogP contribution is 2.31. The number of benzene rings is 1. The molecule has 1 amide bonds. The van der Waals surface area contributed by atoms with Gasteiger partial charge in [-0.3, -0.25) is 4.79 Å². The molecule has 0 bridgehead atoms. The molecule has 2 aliphatic heterocycles. The van der Waals surface area contributed by atoms with Crippen molar-refractivity contribution in [2.75, 3.05) is 19.7 Å². The van der Waals surface area contributed by atoms with Crippen LogP contribution < -0.4 is 4.74 Å². The summed E-state index contributed by atoms with van der Waals surface area (Å²) in [6, 6.07) is 7.77. The molecule has 0 N–H and O–H groups in total. The average molecular weight is 316 g/mol. The maximum Gasteiger partial charge on any atom is 0.286 e. The first kappa shape index (κ1) is 15.2. The van der Waals surface area contributed by atoms with Gasteiger partial charge < -0.3 is 9.64 Å². The minimum atomic E-state index is -0.126. The van der Waals surface area contributed by atoms with Gasteiger partial charge in [0.05, 0.1) is 11.5 Å². The third-order valence-corrected chi connectivity index (χ3v) is 4.77. The second-order valence-electron chi connectivity index (χ2n) is 5.36. The second kappa shape index (κ2) is 7.01. The number of carbonyl (C=O) groups excluding carboxylic acids is 1. The first-order chi connectivity index (χ1) is 10.8. The third kappa shape index (κ3) is 3.53. The first-order valence-electron chi connectivity index (χ1n) is 7.76. The molecule has 0 aliphatic carbocycles. The summed E-state index contributed by atoms with van der Waals surface area (Å²) in [6.07, 6.45) is 5.55. The van der Waals surface area contributed by atoms with E-state index < -0.39 is 0 Å². The topological polar surface area (TPSA) is 41.9 Å². The third-order valence-electron chi connectivity index (χ3n) is 3.72. The molecule has 1 saturated heterocycles. The Morgan fingerprint density at radius 1 is 1.23 bits per heavy atom. The lowest BCUT2D eigenvalue weighted by Crippen LogP contribution is -2.33. The van der Waals surface area contributed by atoms with Crippen LogP contribution in [0.25, 0.3) is 6.08 Å². The van der Waals surface area contributed by atoms with E-state index in [4.69, 9.17) is 4.74 Å². The Bertz CT molecular complexity index is 602. The Labute approximate surface area is 135 Å². The van der Waals surface area contributed by atoms with Crippen molar-refractivity contribution in [2.24, 2.45) is 4.99 Å². The Morgan fingerprint density at radius 3 is 2.64 bits per heavy atom. The van der Waals surface area contributed by atoms with E-state index in [-0.39, 0.29) is 5.91 Å². The van der Waals surface area contributed by atoms with Crippen LogP contribution in [0.15, 0.2) is 34.2 Å². The van der Waals surface area contributed by atoms with Crippen LogP contribution in [0.4, 0.5) is 0 Å². The summed E-state index contributed by atoms with van der Waals surface area (Å²) < 4.78 is 5.43. The maximum atomic E-state index is 12.1. The number of thioether (sulfide) groups is 1. The number of amides is 1. The molecular weight excluding hydrogens is 296 g/mol. The number of likely N-dealkylation sites (tertiary alicyclic amines) is 1. The Morgan fingerprint density at radius 2 is 1.95 bits per heavy atom. The van der Waals surface area contributed by atoms with Crippen molar-refractivity contribution in [1.29, 1.82) is 0 Å². The van der Waals surface area contributed by atoms with Gasteiger partial charge in [-0.1, -0.05) is 12.1 Å². The Kier molecular flexibility index (Phi) is 4.83. The number of aliphatic imine (C=N–C) groups is 1. The van der Waals surface area contributed by atoms with E-state index in [1.165, 1.54) is 31.0 Å². The van der Waals surface area contributed by atoms with Crippen molar-refractivity contribution in [1.82, 2.24) is 4.90 Å². The van der Waals surface area contributed by atoms with Gasteiger partial charge in [0.1, 0.15) is 5.75 Å². The fraction of sp³-hybridized carbons (Fsp3) is 0.412. The van der Waals surface area contributed by atoms with Crippen molar-refractivity contribution >= 4 is 28.9 Å². The number of rotatable bonds is 3. The highest BCUT2D eigenvalue weighted by atomic mass is 32.2. The first-order valence-corrected chi connectivity index (χ1v) is 8.58. The number of piperidine rings is 1. The van der Waals surface area contributed by atoms with Crippen molar-refractivity contribution < 1.29 is 9.53 Å². The van der Waals surface area contributed by atoms with Crippen molar-refractivity contribution in [2.45, 2.75) is 26.2 Å². The van der Waals surface area contributed by atoms with Gasteiger partial charge in [0, 0.05) is 13.1 Å². The standard InChI is InChI=1S/C17H20N2O2S/c1-2-21-14-8-6-13(7-9-14)12-15-16(20)18-17(22-15)19-10-4-3-5-11-19/h6-9,12H,2-5,10-11H2,1H3/b15-12+. The zero-order valence-corrected chi connectivity index (χ0v) is 13.6. The lowest BCUT2D eigenvalue weighted by molar-refractivity contribution is -0.113. The predicted molar refractivity (Wildman–Crippen MR) is 91.0 cm³/mol. The summed E-state index contributed by atoms with van der Waals surface area (Å²) in [6.45, 7) is 4.63. The highest BCUT2D eigenvalue weighted by Gasteiger charge is 2.26. The van der Waals surface area contributed by atoms with E-state index in [1.54, 1.807) is 0 Å². The number of hydrogen-bond acceptors (Lipinski definition) is 4. The summed E-state index contributed by atoms with van der Waals surface area (Å²) in [4.78, 5) is 19.2. The molecule has 1 aromatic carbocycles. The van der Waals surface area contributed by atoms with Gasteiger partial charge in [-0.15, -0.1) is 0 Å². The van der Waals surface area contributed by atoms with E-state index in [0.29, 0.717) is 11.5 Å². The molecule has 0 saturated carbocycles. The number of nitrogens with zero attached hydrogens (tertiary/aromatic N) is 2. The molecular formula is C17H20N2O2S. The summed E-state index contributed by atoms with van der Waals surface area (Å²) in [5, 5.41) is 0.863. The average Bonchev–Trinajstić information content (AvgIpc) is 2.91. The fourth-order valence-corrected chi connectivity index (χ4v) is 3.56. The van der Waals surface area contributed by atoms with Gasteiger partial charge in [-0.05, 0) is 61.7 Å². The number of amidine groups is 1. The lowest BCUT2D eigenvalue weighted by atomic mass is 10.1. The molecule has 5 heteroatoms. The highest BCUT2D eigenvalue weighted by molar-refractivity contribution is 8.18. The molecule has 4 nitrogen and oxygen atoms in total. The Hall–Kier alpha value is -1.75. The monoisotopic (exact) mass is 316 g/mol. The van der Waals surface area contributed by atoms with Gasteiger partial charge in [0.2, 0.25) is 0 Å². The van der Waals surface area contributed by atoms with Gasteiger partial charge in [-0.25, -0.2) is 0 Å². The zero-order chi connectivity index (χ0) is 15.4. The molecule has 0 spiro atoms. The number of carbonyl (C=O) groups is 1. The second-order valence-corrected chi connectivity index (χ2v) is 6.37. The minimum absolute atomic E-state index is 0.126. The van der Waals surface area contributed by atoms with Crippen molar-refractivity contribution in [3.8, 4) is 5.75 Å². The quantitative estimate of drug-likeness (QED) is 0.800. The normalized spacial score (nSPS) is 20.4. The van der Waals surface area contributed by atoms with Gasteiger partial charge in [-0.2, -0.15) is 4.99 Å². The van der Waals surface area contributed by atoms with Gasteiger partial charge in [0.15, 0.2) is 5.17 Å². The van der Waals surface area contributed by atoms with E-state index in [2.05, 4.69) is 9.89 Å². The van der Waals surface area contributed by atoms with E-state index >= 15 is 0 Å². The zero-order valence-electron chi connectivity index (χ0n) is 12.7. The Balaban J connectivity index is 1.69. The van der Waals surface area contributed by atoms with Crippen molar-refractivity contribution in [3.63, 3.8) is 0 Å². The molecule has 22 heavy (non-hydrogen) atoms. The lowest BCUT2D eigenvalue weighted by Gasteiger charge is -2.27. The van der Waals surface area contributed by atoms with Crippen LogP contribution in [0.5, 0.6) is 5.75 Å². The molecule has 2 aliphatic rings. The maximum absolute atomic E-state index is 12.1. The minimum Gasteiger partial charge on any atom is -0.494 e. The fourth-order valence-electron chi connectivity index (χ4n) is 2.60. The molecule has 0 aromatic heterocycles. The summed E-state index contributed by atoms with van der Waals surface area (Å²) in [5.41, 5.74) is 0.995. The largest absolute Gasteiger partial charge is 0.494 e. The summed E-state index contributed by atoms with van der Waals surface area (Å²) >= 11 is 1.49. The van der Waals surface area contributed by atoms with Crippen LogP contribution in [0.3, 0.4) is 0 Å². The van der Waals surface area contributed by atoms with Crippen LogP contribution in [0.2, 0.25) is 0 Å². The van der Waals surface area contributed by atoms with Crippen LogP contribution in [-0.2, 0) is 4.79 Å². The molecule has 0 radical (unpaired) electrons. The van der Waals surface area contributed by atoms with Crippen LogP contribution in [0.1, 0.15) is 31.7 Å². The molecule has 0 unspecified atom stereocenters. The predicted octanol–water partition coefficient (Wildman–Crippen LogP) is 3.54. The molecule has 1 fully saturated rings. The molecule has 0 atom stereocenters. The van der Waals surface area contributed by atoms with Crippen LogP contribution >= 0.6 is 11.8 Å². The van der Waals surface area contributed by atoms with Gasteiger partial charge >= 0.3 is 0 Å². The summed E-state index contributed by atoms with van der Waals surface area (Å²) in [7, 11) is 0. The van der Waals surface area contributed by atoms with Crippen LogP contribution in [0, 0.1) is 0 Å². The summed E-state index contributed by atoms with van der Waals surface area (Å²) in [5.74, 6) is 0.722. The molecule has 3 rings (SSSR count). The van der Waals surface area contributed by atoms with E-state index in [9.17, 15) is 4.79 Å².